The molecule has 0 spiro atoms. The number of hydrogen-bond acceptors (Lipinski definition) is 4. The van der Waals surface area contributed by atoms with Gasteiger partial charge in [-0.05, 0) is 36.4 Å². The first kappa shape index (κ1) is 11.9. The Balaban J connectivity index is 1.71. The molecule has 21 heavy (non-hydrogen) atoms. The minimum atomic E-state index is 0.584. The highest BCUT2D eigenvalue weighted by Gasteiger charge is 2.05. The molecule has 100 valence electrons. The van der Waals surface area contributed by atoms with E-state index >= 15 is 0 Å². The Morgan fingerprint density at radius 1 is 1.14 bits per heavy atom. The van der Waals surface area contributed by atoms with Crippen LogP contribution in [0.3, 0.4) is 0 Å². The van der Waals surface area contributed by atoms with Crippen molar-refractivity contribution in [3.63, 3.8) is 0 Å². The molecule has 0 amide bonds. The number of anilines is 2. The quantitative estimate of drug-likeness (QED) is 0.575. The van der Waals surface area contributed by atoms with Gasteiger partial charge in [0.05, 0.1) is 10.6 Å². The summed E-state index contributed by atoms with van der Waals surface area (Å²) in [6.07, 6.45) is 3.54. The third kappa shape index (κ3) is 2.12. The van der Waals surface area contributed by atoms with Crippen LogP contribution in [-0.4, -0.2) is 9.97 Å². The van der Waals surface area contributed by atoms with Gasteiger partial charge < -0.3 is 10.3 Å². The standard InChI is InChI=1S/C16H10N4S/c17-8-10-5-12-7-15(21-16(12)19-9-10)20-13-1-2-14-11(6-13)3-4-18-14/h1-7,9,18,20H. The Morgan fingerprint density at radius 2 is 2.10 bits per heavy atom. The lowest BCUT2D eigenvalue weighted by Crippen LogP contribution is -1.85. The molecule has 3 heterocycles. The van der Waals surface area contributed by atoms with Crippen molar-refractivity contribution in [2.24, 2.45) is 0 Å². The second-order valence-electron chi connectivity index (χ2n) is 4.75. The van der Waals surface area contributed by atoms with Crippen LogP contribution in [0.5, 0.6) is 0 Å². The molecule has 0 saturated carbocycles. The smallest absolute Gasteiger partial charge is 0.125 e. The highest BCUT2D eigenvalue weighted by molar-refractivity contribution is 7.22. The summed E-state index contributed by atoms with van der Waals surface area (Å²) in [4.78, 5) is 8.42. The number of nitriles is 1. The number of hydrogen-bond donors (Lipinski definition) is 2. The molecule has 4 nitrogen and oxygen atoms in total. The van der Waals surface area contributed by atoms with Gasteiger partial charge in [-0.1, -0.05) is 11.3 Å². The Morgan fingerprint density at radius 3 is 3.00 bits per heavy atom. The molecule has 3 aromatic heterocycles. The fourth-order valence-electron chi connectivity index (χ4n) is 2.33. The van der Waals surface area contributed by atoms with Gasteiger partial charge in [-0.25, -0.2) is 4.98 Å². The number of nitrogens with zero attached hydrogens (tertiary/aromatic N) is 2. The number of thiophene rings is 1. The molecular weight excluding hydrogens is 280 g/mol. The maximum atomic E-state index is 8.91. The second-order valence-corrected chi connectivity index (χ2v) is 5.78. The first-order valence-corrected chi connectivity index (χ1v) is 7.27. The van der Waals surface area contributed by atoms with Crippen LogP contribution in [0, 0.1) is 11.3 Å². The molecule has 0 unspecified atom stereocenters. The van der Waals surface area contributed by atoms with Crippen molar-refractivity contribution in [1.29, 1.82) is 5.26 Å². The first-order valence-electron chi connectivity index (χ1n) is 6.46. The average molecular weight is 290 g/mol. The van der Waals surface area contributed by atoms with E-state index in [1.54, 1.807) is 17.5 Å². The molecule has 1 aromatic carbocycles. The van der Waals surface area contributed by atoms with Crippen LogP contribution in [0.25, 0.3) is 21.1 Å². The van der Waals surface area contributed by atoms with Crippen LogP contribution < -0.4 is 5.32 Å². The third-order valence-electron chi connectivity index (χ3n) is 3.32. The van der Waals surface area contributed by atoms with Crippen LogP contribution in [0.1, 0.15) is 5.56 Å². The molecule has 0 atom stereocenters. The van der Waals surface area contributed by atoms with Gasteiger partial charge in [-0.3, -0.25) is 0 Å². The van der Waals surface area contributed by atoms with Crippen molar-refractivity contribution in [3.05, 3.63) is 54.4 Å². The lowest BCUT2D eigenvalue weighted by molar-refractivity contribution is 1.39. The van der Waals surface area contributed by atoms with Gasteiger partial charge in [0.2, 0.25) is 0 Å². The number of H-pyrrole nitrogens is 1. The van der Waals surface area contributed by atoms with Crippen molar-refractivity contribution in [1.82, 2.24) is 9.97 Å². The number of fused-ring (bicyclic) bond motifs is 2. The summed E-state index contributed by atoms with van der Waals surface area (Å²) < 4.78 is 0. The lowest BCUT2D eigenvalue weighted by Gasteiger charge is -2.02. The largest absolute Gasteiger partial charge is 0.361 e. The zero-order chi connectivity index (χ0) is 14.2. The summed E-state index contributed by atoms with van der Waals surface area (Å²) in [6, 6.07) is 14.2. The number of nitrogens with one attached hydrogen (secondary N) is 2. The van der Waals surface area contributed by atoms with E-state index in [2.05, 4.69) is 33.5 Å². The van der Waals surface area contributed by atoms with E-state index in [1.807, 2.05) is 30.5 Å². The van der Waals surface area contributed by atoms with Crippen molar-refractivity contribution in [3.8, 4) is 6.07 Å². The van der Waals surface area contributed by atoms with Crippen LogP contribution >= 0.6 is 11.3 Å². The predicted octanol–water partition coefficient (Wildman–Crippen LogP) is 4.39. The van der Waals surface area contributed by atoms with E-state index in [4.69, 9.17) is 5.26 Å². The number of rotatable bonds is 2. The van der Waals surface area contributed by atoms with Gasteiger partial charge in [-0.2, -0.15) is 5.26 Å². The molecular formula is C16H10N4S. The summed E-state index contributed by atoms with van der Waals surface area (Å²) in [5, 5.41) is 15.5. The van der Waals surface area contributed by atoms with E-state index in [0.29, 0.717) is 5.56 Å². The van der Waals surface area contributed by atoms with Crippen molar-refractivity contribution >= 4 is 43.1 Å². The Bertz CT molecular complexity index is 990. The topological polar surface area (TPSA) is 64.5 Å². The Kier molecular flexibility index (Phi) is 2.62. The molecule has 5 heteroatoms. The number of benzene rings is 1. The van der Waals surface area contributed by atoms with Crippen LogP contribution in [0.2, 0.25) is 0 Å². The van der Waals surface area contributed by atoms with Gasteiger partial charge in [0.15, 0.2) is 0 Å². The first-order chi connectivity index (χ1) is 10.3. The highest BCUT2D eigenvalue weighted by atomic mass is 32.1. The monoisotopic (exact) mass is 290 g/mol. The maximum absolute atomic E-state index is 8.91. The third-order valence-corrected chi connectivity index (χ3v) is 4.30. The molecule has 0 aliphatic rings. The molecule has 4 rings (SSSR count). The van der Waals surface area contributed by atoms with Crippen molar-refractivity contribution < 1.29 is 0 Å². The second kappa shape index (κ2) is 4.62. The van der Waals surface area contributed by atoms with Crippen molar-refractivity contribution in [2.45, 2.75) is 0 Å². The van der Waals surface area contributed by atoms with Crippen LogP contribution in [0.15, 0.2) is 48.8 Å². The molecule has 0 bridgehead atoms. The molecule has 0 radical (unpaired) electrons. The van der Waals surface area contributed by atoms with Gasteiger partial charge in [0.1, 0.15) is 10.9 Å². The fourth-order valence-corrected chi connectivity index (χ4v) is 3.23. The molecule has 4 aromatic rings. The summed E-state index contributed by atoms with van der Waals surface area (Å²) in [5.41, 5.74) is 2.74. The van der Waals surface area contributed by atoms with Gasteiger partial charge in [0.25, 0.3) is 0 Å². The zero-order valence-electron chi connectivity index (χ0n) is 10.9. The molecule has 2 N–H and O–H groups in total. The van der Waals surface area contributed by atoms with Gasteiger partial charge >= 0.3 is 0 Å². The van der Waals surface area contributed by atoms with Crippen LogP contribution in [0.4, 0.5) is 10.7 Å². The summed E-state index contributed by atoms with van der Waals surface area (Å²) in [6.45, 7) is 0. The summed E-state index contributed by atoms with van der Waals surface area (Å²) in [5.74, 6) is 0. The van der Waals surface area contributed by atoms with Crippen LogP contribution in [-0.2, 0) is 0 Å². The minimum Gasteiger partial charge on any atom is -0.361 e. The maximum Gasteiger partial charge on any atom is 0.125 e. The van der Waals surface area contributed by atoms with Crippen molar-refractivity contribution in [2.75, 3.05) is 5.32 Å². The molecule has 0 aliphatic carbocycles. The zero-order valence-corrected chi connectivity index (χ0v) is 11.7. The minimum absolute atomic E-state index is 0.584. The van der Waals surface area contributed by atoms with Gasteiger partial charge in [-0.15, -0.1) is 0 Å². The fraction of sp³-hybridized carbons (Fsp3) is 0. The Labute approximate surface area is 124 Å². The SMILES string of the molecule is N#Cc1cnc2sc(Nc3ccc4[nH]ccc4c3)cc2c1. The lowest BCUT2D eigenvalue weighted by atomic mass is 10.2. The van der Waals surface area contributed by atoms with E-state index in [1.165, 1.54) is 5.39 Å². The number of pyridine rings is 1. The van der Waals surface area contributed by atoms with Gasteiger partial charge in [0, 0.05) is 34.4 Å². The van der Waals surface area contributed by atoms with E-state index in [-0.39, 0.29) is 0 Å². The number of aromatic amines is 1. The molecule has 0 aliphatic heterocycles. The Hall–Kier alpha value is -2.84. The van der Waals surface area contributed by atoms with E-state index < -0.39 is 0 Å². The van der Waals surface area contributed by atoms with E-state index in [0.717, 1.165) is 26.4 Å². The summed E-state index contributed by atoms with van der Waals surface area (Å²) in [7, 11) is 0. The summed E-state index contributed by atoms with van der Waals surface area (Å²) >= 11 is 1.58. The predicted molar refractivity (Wildman–Crippen MR) is 85.9 cm³/mol. The molecule has 0 saturated heterocycles. The highest BCUT2D eigenvalue weighted by Crippen LogP contribution is 2.31. The average Bonchev–Trinajstić information content (AvgIpc) is 3.11. The normalized spacial score (nSPS) is 10.8. The van der Waals surface area contributed by atoms with E-state index in [9.17, 15) is 0 Å². The molecule has 0 fully saturated rings. The number of aromatic nitrogens is 2.